The number of allylic oxidation sites excluding steroid dienone is 2. The Morgan fingerprint density at radius 3 is 2.42 bits per heavy atom. The van der Waals surface area contributed by atoms with Gasteiger partial charge < -0.3 is 10.4 Å². The van der Waals surface area contributed by atoms with Crippen LogP contribution in [0.3, 0.4) is 0 Å². The number of rotatable bonds is 3. The number of amides is 1. The van der Waals surface area contributed by atoms with E-state index < -0.39 is 17.8 Å². The van der Waals surface area contributed by atoms with E-state index in [1.807, 2.05) is 6.08 Å². The largest absolute Gasteiger partial charge is 0.481 e. The number of halogens is 1. The fraction of sp³-hybridized carbons (Fsp3) is 0.286. The molecule has 1 amide bonds. The molecule has 0 saturated heterocycles. The normalized spacial score (nSPS) is 21.9. The molecule has 1 aromatic carbocycles. The van der Waals surface area contributed by atoms with E-state index >= 15 is 0 Å². The Bertz CT molecular complexity index is 527. The lowest BCUT2D eigenvalue weighted by molar-refractivity contribution is -0.146. The second kappa shape index (κ2) is 5.89. The molecule has 1 aromatic rings. The topological polar surface area (TPSA) is 66.4 Å². The molecule has 2 atom stereocenters. The number of hydrogen-bond acceptors (Lipinski definition) is 2. The third-order valence-electron chi connectivity index (χ3n) is 3.22. The van der Waals surface area contributed by atoms with Crippen molar-refractivity contribution in [3.05, 3.63) is 41.4 Å². The van der Waals surface area contributed by atoms with Crippen LogP contribution in [0.5, 0.6) is 0 Å². The van der Waals surface area contributed by atoms with Crippen LogP contribution in [0.1, 0.15) is 12.8 Å². The van der Waals surface area contributed by atoms with Gasteiger partial charge >= 0.3 is 5.97 Å². The number of hydrogen-bond donors (Lipinski definition) is 2. The minimum atomic E-state index is -0.941. The van der Waals surface area contributed by atoms with Crippen LogP contribution in [-0.4, -0.2) is 17.0 Å². The van der Waals surface area contributed by atoms with Crippen molar-refractivity contribution in [2.75, 3.05) is 5.32 Å². The Hall–Kier alpha value is -1.81. The van der Waals surface area contributed by atoms with Crippen LogP contribution in [0.25, 0.3) is 0 Å². The first-order valence-corrected chi connectivity index (χ1v) is 6.40. The molecule has 1 aliphatic carbocycles. The van der Waals surface area contributed by atoms with Gasteiger partial charge in [0, 0.05) is 0 Å². The zero-order valence-electron chi connectivity index (χ0n) is 10.2. The average Bonchev–Trinajstić information content (AvgIpc) is 2.41. The predicted octanol–water partition coefficient (Wildman–Crippen LogP) is 2.95. The highest BCUT2D eigenvalue weighted by Gasteiger charge is 2.34. The van der Waals surface area contributed by atoms with Crippen molar-refractivity contribution in [1.82, 2.24) is 0 Å². The number of anilines is 1. The lowest BCUT2D eigenvalue weighted by atomic mass is 9.82. The van der Waals surface area contributed by atoms with E-state index in [2.05, 4.69) is 5.32 Å². The van der Waals surface area contributed by atoms with E-state index in [0.717, 1.165) is 0 Å². The molecule has 2 N–H and O–H groups in total. The Balaban J connectivity index is 2.13. The number of nitrogens with one attached hydrogen (secondary N) is 1. The van der Waals surface area contributed by atoms with Gasteiger partial charge in [-0.15, -0.1) is 0 Å². The van der Waals surface area contributed by atoms with Gasteiger partial charge in [-0.05, 0) is 25.0 Å². The third kappa shape index (κ3) is 3.15. The maximum absolute atomic E-state index is 12.2. The molecule has 0 radical (unpaired) electrons. The minimum Gasteiger partial charge on any atom is -0.481 e. The number of para-hydroxylation sites is 1. The number of carbonyl (C=O) groups excluding carboxylic acids is 1. The van der Waals surface area contributed by atoms with Crippen LogP contribution in [0.15, 0.2) is 36.4 Å². The van der Waals surface area contributed by atoms with Crippen LogP contribution in [0.2, 0.25) is 5.02 Å². The maximum atomic E-state index is 12.2. The molecule has 100 valence electrons. The number of aliphatic carboxylic acids is 1. The second-order valence-electron chi connectivity index (χ2n) is 4.46. The van der Waals surface area contributed by atoms with Gasteiger partial charge in [-0.25, -0.2) is 0 Å². The number of carboxylic acid groups (broad SMARTS) is 1. The summed E-state index contributed by atoms with van der Waals surface area (Å²) < 4.78 is 0. The second-order valence-corrected chi connectivity index (χ2v) is 4.87. The summed E-state index contributed by atoms with van der Waals surface area (Å²) in [6.45, 7) is 0. The molecule has 2 rings (SSSR count). The quantitative estimate of drug-likeness (QED) is 0.836. The standard InChI is InChI=1S/C14H14ClNO3/c15-11-7-3-4-8-12(11)16-13(17)9-5-1-2-6-10(9)14(18)19/h1-4,7-10H,5-6H2,(H,16,17)(H,18,19)/t9-,10+/m0/s1. The van der Waals surface area contributed by atoms with E-state index in [1.165, 1.54) is 0 Å². The summed E-state index contributed by atoms with van der Waals surface area (Å²) in [6, 6.07) is 6.89. The van der Waals surface area contributed by atoms with Crippen molar-refractivity contribution in [2.24, 2.45) is 11.8 Å². The highest BCUT2D eigenvalue weighted by molar-refractivity contribution is 6.33. The molecule has 5 heteroatoms. The molecule has 0 aromatic heterocycles. The number of carboxylic acids is 1. The van der Waals surface area contributed by atoms with Crippen LogP contribution in [0.4, 0.5) is 5.69 Å². The van der Waals surface area contributed by atoms with Gasteiger partial charge in [0.1, 0.15) is 0 Å². The van der Waals surface area contributed by atoms with Crippen molar-refractivity contribution in [1.29, 1.82) is 0 Å². The molecule has 0 saturated carbocycles. The van der Waals surface area contributed by atoms with E-state index in [-0.39, 0.29) is 5.91 Å². The molecule has 0 spiro atoms. The lowest BCUT2D eigenvalue weighted by Crippen LogP contribution is -2.34. The van der Waals surface area contributed by atoms with Crippen molar-refractivity contribution in [2.45, 2.75) is 12.8 Å². The fourth-order valence-electron chi connectivity index (χ4n) is 2.16. The van der Waals surface area contributed by atoms with Gasteiger partial charge in [-0.3, -0.25) is 9.59 Å². The first-order valence-electron chi connectivity index (χ1n) is 6.03. The van der Waals surface area contributed by atoms with Gasteiger partial charge in [0.05, 0.1) is 22.5 Å². The average molecular weight is 280 g/mol. The Morgan fingerprint density at radius 2 is 1.79 bits per heavy atom. The van der Waals surface area contributed by atoms with Crippen LogP contribution >= 0.6 is 11.6 Å². The van der Waals surface area contributed by atoms with E-state index in [0.29, 0.717) is 23.6 Å². The number of carbonyl (C=O) groups is 2. The lowest BCUT2D eigenvalue weighted by Gasteiger charge is -2.24. The van der Waals surface area contributed by atoms with Crippen molar-refractivity contribution < 1.29 is 14.7 Å². The van der Waals surface area contributed by atoms with Gasteiger partial charge in [0.15, 0.2) is 0 Å². The molecule has 0 unspecified atom stereocenters. The van der Waals surface area contributed by atoms with E-state index in [9.17, 15) is 9.59 Å². The minimum absolute atomic E-state index is 0.301. The smallest absolute Gasteiger partial charge is 0.307 e. The van der Waals surface area contributed by atoms with Gasteiger partial charge in [0.2, 0.25) is 5.91 Å². The zero-order valence-corrected chi connectivity index (χ0v) is 10.9. The monoisotopic (exact) mass is 279 g/mol. The molecule has 0 fully saturated rings. The summed E-state index contributed by atoms with van der Waals surface area (Å²) in [5, 5.41) is 12.3. The summed E-state index contributed by atoms with van der Waals surface area (Å²) in [6.07, 6.45) is 4.47. The Labute approximate surface area is 116 Å². The molecule has 0 heterocycles. The van der Waals surface area contributed by atoms with E-state index in [4.69, 9.17) is 16.7 Å². The zero-order chi connectivity index (χ0) is 13.8. The van der Waals surface area contributed by atoms with Gasteiger partial charge in [-0.1, -0.05) is 35.9 Å². The first kappa shape index (κ1) is 13.6. The summed E-state index contributed by atoms with van der Waals surface area (Å²) in [7, 11) is 0. The summed E-state index contributed by atoms with van der Waals surface area (Å²) in [5.74, 6) is -2.47. The summed E-state index contributed by atoms with van der Waals surface area (Å²) in [4.78, 5) is 23.3. The molecular weight excluding hydrogens is 266 g/mol. The van der Waals surface area contributed by atoms with E-state index in [1.54, 1.807) is 30.3 Å². The van der Waals surface area contributed by atoms with Gasteiger partial charge in [0.25, 0.3) is 0 Å². The molecule has 0 bridgehead atoms. The van der Waals surface area contributed by atoms with Crippen molar-refractivity contribution >= 4 is 29.2 Å². The molecule has 1 aliphatic rings. The fourth-order valence-corrected chi connectivity index (χ4v) is 2.35. The molecule has 19 heavy (non-hydrogen) atoms. The highest BCUT2D eigenvalue weighted by atomic mass is 35.5. The summed E-state index contributed by atoms with van der Waals surface area (Å²) >= 11 is 5.96. The van der Waals surface area contributed by atoms with Gasteiger partial charge in [-0.2, -0.15) is 0 Å². The predicted molar refractivity (Wildman–Crippen MR) is 73.1 cm³/mol. The highest BCUT2D eigenvalue weighted by Crippen LogP contribution is 2.28. The Kier molecular flexibility index (Phi) is 4.22. The maximum Gasteiger partial charge on any atom is 0.307 e. The van der Waals surface area contributed by atoms with Crippen LogP contribution in [0, 0.1) is 11.8 Å². The molecular formula is C14H14ClNO3. The first-order chi connectivity index (χ1) is 9.09. The molecule has 4 nitrogen and oxygen atoms in total. The van der Waals surface area contributed by atoms with Crippen LogP contribution in [-0.2, 0) is 9.59 Å². The summed E-state index contributed by atoms with van der Waals surface area (Å²) in [5.41, 5.74) is 0.507. The van der Waals surface area contributed by atoms with Crippen LogP contribution < -0.4 is 5.32 Å². The van der Waals surface area contributed by atoms with Crippen molar-refractivity contribution in [3.63, 3.8) is 0 Å². The SMILES string of the molecule is O=C(Nc1ccccc1Cl)[C@H]1CC=CC[C@H]1C(=O)O. The van der Waals surface area contributed by atoms with Crippen molar-refractivity contribution in [3.8, 4) is 0 Å². The number of benzene rings is 1. The molecule has 0 aliphatic heterocycles. The Morgan fingerprint density at radius 1 is 1.16 bits per heavy atom. The third-order valence-corrected chi connectivity index (χ3v) is 3.55.